The van der Waals surface area contributed by atoms with E-state index in [4.69, 9.17) is 0 Å². The molecule has 0 saturated heterocycles. The van der Waals surface area contributed by atoms with E-state index in [9.17, 15) is 9.90 Å². The predicted octanol–water partition coefficient (Wildman–Crippen LogP) is 2.94. The van der Waals surface area contributed by atoms with Gasteiger partial charge >= 0.3 is 5.97 Å². The number of anilines is 1. The fourth-order valence-corrected chi connectivity index (χ4v) is 3.40. The maximum Gasteiger partial charge on any atom is 0.336 e. The molecule has 3 heteroatoms. The molecule has 2 aliphatic rings. The van der Waals surface area contributed by atoms with Crippen molar-refractivity contribution in [3.63, 3.8) is 0 Å². The van der Waals surface area contributed by atoms with Gasteiger partial charge in [0.15, 0.2) is 0 Å². The SMILES string of the molecule is O=C(O)c1cccc2c1CCN2CC1CCCC1. The third-order valence-electron chi connectivity index (χ3n) is 4.31. The minimum absolute atomic E-state index is 0.487. The Balaban J connectivity index is 1.83. The van der Waals surface area contributed by atoms with Gasteiger partial charge in [0.1, 0.15) is 0 Å². The zero-order valence-electron chi connectivity index (χ0n) is 10.6. The van der Waals surface area contributed by atoms with Gasteiger partial charge in [-0.15, -0.1) is 0 Å². The van der Waals surface area contributed by atoms with Gasteiger partial charge in [0.2, 0.25) is 0 Å². The molecule has 1 aromatic carbocycles. The van der Waals surface area contributed by atoms with Crippen molar-refractivity contribution in [3.8, 4) is 0 Å². The lowest BCUT2D eigenvalue weighted by Gasteiger charge is -2.23. The van der Waals surface area contributed by atoms with Crippen molar-refractivity contribution < 1.29 is 9.90 Å². The number of carbonyl (C=O) groups is 1. The van der Waals surface area contributed by atoms with Gasteiger partial charge in [0.05, 0.1) is 5.56 Å². The van der Waals surface area contributed by atoms with Crippen molar-refractivity contribution >= 4 is 11.7 Å². The summed E-state index contributed by atoms with van der Waals surface area (Å²) in [4.78, 5) is 13.6. The summed E-state index contributed by atoms with van der Waals surface area (Å²) in [5, 5.41) is 9.20. The Kier molecular flexibility index (Phi) is 2.98. The van der Waals surface area contributed by atoms with Crippen molar-refractivity contribution in [3.05, 3.63) is 29.3 Å². The number of carboxylic acid groups (broad SMARTS) is 1. The van der Waals surface area contributed by atoms with Crippen LogP contribution in [0.4, 0.5) is 5.69 Å². The molecular formula is C15H19NO2. The van der Waals surface area contributed by atoms with Crippen LogP contribution in [0, 0.1) is 5.92 Å². The first kappa shape index (κ1) is 11.6. The van der Waals surface area contributed by atoms with E-state index >= 15 is 0 Å². The number of hydrogen-bond acceptors (Lipinski definition) is 2. The van der Waals surface area contributed by atoms with Crippen LogP contribution in [0.1, 0.15) is 41.6 Å². The second kappa shape index (κ2) is 4.63. The summed E-state index contributed by atoms with van der Waals surface area (Å²) in [7, 11) is 0. The largest absolute Gasteiger partial charge is 0.478 e. The number of aromatic carboxylic acids is 1. The number of rotatable bonds is 3. The molecule has 1 aliphatic carbocycles. The quantitative estimate of drug-likeness (QED) is 0.890. The van der Waals surface area contributed by atoms with Crippen LogP contribution in [-0.2, 0) is 6.42 Å². The maximum absolute atomic E-state index is 11.2. The van der Waals surface area contributed by atoms with Crippen LogP contribution in [-0.4, -0.2) is 24.2 Å². The molecule has 1 aromatic rings. The van der Waals surface area contributed by atoms with E-state index in [1.54, 1.807) is 6.07 Å². The Morgan fingerprint density at radius 3 is 2.83 bits per heavy atom. The molecule has 1 aliphatic heterocycles. The molecule has 1 heterocycles. The van der Waals surface area contributed by atoms with Crippen molar-refractivity contribution in [2.45, 2.75) is 32.1 Å². The van der Waals surface area contributed by atoms with Crippen LogP contribution in [0.5, 0.6) is 0 Å². The van der Waals surface area contributed by atoms with Crippen LogP contribution in [0.25, 0.3) is 0 Å². The van der Waals surface area contributed by atoms with Crippen LogP contribution in [0.3, 0.4) is 0 Å². The normalized spacial score (nSPS) is 19.2. The van der Waals surface area contributed by atoms with E-state index < -0.39 is 5.97 Å². The van der Waals surface area contributed by atoms with Crippen LogP contribution < -0.4 is 4.90 Å². The van der Waals surface area contributed by atoms with Gasteiger partial charge < -0.3 is 10.0 Å². The summed E-state index contributed by atoms with van der Waals surface area (Å²) in [5.74, 6) is 0.0130. The van der Waals surface area contributed by atoms with Gasteiger partial charge in [0.25, 0.3) is 0 Å². The Labute approximate surface area is 107 Å². The van der Waals surface area contributed by atoms with E-state index in [2.05, 4.69) is 11.0 Å². The zero-order valence-corrected chi connectivity index (χ0v) is 10.6. The monoisotopic (exact) mass is 245 g/mol. The molecule has 0 aromatic heterocycles. The summed E-state index contributed by atoms with van der Waals surface area (Å²) < 4.78 is 0. The molecule has 0 unspecified atom stereocenters. The smallest absolute Gasteiger partial charge is 0.336 e. The topological polar surface area (TPSA) is 40.5 Å². The Hall–Kier alpha value is -1.51. The highest BCUT2D eigenvalue weighted by atomic mass is 16.4. The first-order chi connectivity index (χ1) is 8.75. The van der Waals surface area contributed by atoms with Gasteiger partial charge in [-0.1, -0.05) is 18.9 Å². The highest BCUT2D eigenvalue weighted by Crippen LogP contribution is 2.34. The van der Waals surface area contributed by atoms with Crippen molar-refractivity contribution in [2.75, 3.05) is 18.0 Å². The minimum atomic E-state index is -0.797. The predicted molar refractivity (Wildman–Crippen MR) is 71.3 cm³/mol. The maximum atomic E-state index is 11.2. The average molecular weight is 245 g/mol. The second-order valence-electron chi connectivity index (χ2n) is 5.45. The average Bonchev–Trinajstić information content (AvgIpc) is 2.99. The molecule has 3 nitrogen and oxygen atoms in total. The fourth-order valence-electron chi connectivity index (χ4n) is 3.40. The Morgan fingerprint density at radius 2 is 2.11 bits per heavy atom. The van der Waals surface area contributed by atoms with Crippen LogP contribution >= 0.6 is 0 Å². The molecule has 96 valence electrons. The Morgan fingerprint density at radius 1 is 1.33 bits per heavy atom. The minimum Gasteiger partial charge on any atom is -0.478 e. The lowest BCUT2D eigenvalue weighted by atomic mass is 10.0. The number of hydrogen-bond donors (Lipinski definition) is 1. The second-order valence-corrected chi connectivity index (χ2v) is 5.45. The highest BCUT2D eigenvalue weighted by Gasteiger charge is 2.26. The standard InChI is InChI=1S/C15H19NO2/c17-15(18)13-6-3-7-14-12(13)8-9-16(14)10-11-4-1-2-5-11/h3,6-7,11H,1-2,4-5,8-10H2,(H,17,18). The first-order valence-corrected chi connectivity index (χ1v) is 6.86. The molecule has 0 radical (unpaired) electrons. The summed E-state index contributed by atoms with van der Waals surface area (Å²) in [6.07, 6.45) is 6.28. The first-order valence-electron chi connectivity index (χ1n) is 6.86. The van der Waals surface area contributed by atoms with Gasteiger partial charge in [-0.3, -0.25) is 0 Å². The van der Waals surface area contributed by atoms with E-state index in [0.717, 1.165) is 36.7 Å². The van der Waals surface area contributed by atoms with E-state index in [1.165, 1.54) is 25.7 Å². The summed E-state index contributed by atoms with van der Waals surface area (Å²) in [6, 6.07) is 5.67. The van der Waals surface area contributed by atoms with Gasteiger partial charge in [-0.05, 0) is 42.9 Å². The van der Waals surface area contributed by atoms with Crippen LogP contribution in [0.15, 0.2) is 18.2 Å². The van der Waals surface area contributed by atoms with E-state index in [1.807, 2.05) is 6.07 Å². The summed E-state index contributed by atoms with van der Waals surface area (Å²) in [6.45, 7) is 2.09. The molecule has 1 N–H and O–H groups in total. The Bertz CT molecular complexity index is 464. The molecule has 3 rings (SSSR count). The number of carboxylic acids is 1. The lowest BCUT2D eigenvalue weighted by Crippen LogP contribution is -2.26. The zero-order chi connectivity index (χ0) is 12.5. The highest BCUT2D eigenvalue weighted by molar-refractivity contribution is 5.92. The van der Waals surface area contributed by atoms with E-state index in [0.29, 0.717) is 5.56 Å². The lowest BCUT2D eigenvalue weighted by molar-refractivity contribution is 0.0696. The van der Waals surface area contributed by atoms with Gasteiger partial charge in [0, 0.05) is 18.8 Å². The van der Waals surface area contributed by atoms with Crippen molar-refractivity contribution in [1.82, 2.24) is 0 Å². The van der Waals surface area contributed by atoms with E-state index in [-0.39, 0.29) is 0 Å². The molecule has 18 heavy (non-hydrogen) atoms. The van der Waals surface area contributed by atoms with Gasteiger partial charge in [-0.25, -0.2) is 4.79 Å². The number of fused-ring (bicyclic) bond motifs is 1. The summed E-state index contributed by atoms with van der Waals surface area (Å²) in [5.41, 5.74) is 2.67. The fraction of sp³-hybridized carbons (Fsp3) is 0.533. The number of nitrogens with zero attached hydrogens (tertiary/aromatic N) is 1. The van der Waals surface area contributed by atoms with Crippen molar-refractivity contribution in [1.29, 1.82) is 0 Å². The molecular weight excluding hydrogens is 226 g/mol. The molecule has 0 amide bonds. The van der Waals surface area contributed by atoms with Crippen molar-refractivity contribution in [2.24, 2.45) is 5.92 Å². The van der Waals surface area contributed by atoms with Gasteiger partial charge in [-0.2, -0.15) is 0 Å². The molecule has 0 atom stereocenters. The summed E-state index contributed by atoms with van der Waals surface area (Å²) >= 11 is 0. The third-order valence-corrected chi connectivity index (χ3v) is 4.31. The van der Waals surface area contributed by atoms with Crippen LogP contribution in [0.2, 0.25) is 0 Å². The number of benzene rings is 1. The molecule has 0 spiro atoms. The molecule has 1 fully saturated rings. The molecule has 0 bridgehead atoms. The molecule has 1 saturated carbocycles. The third kappa shape index (κ3) is 1.98.